The molecule has 0 bridgehead atoms. The molecule has 0 saturated carbocycles. The number of rotatable bonds is 2. The Labute approximate surface area is 72.4 Å². The molecule has 1 aliphatic rings. The lowest BCUT2D eigenvalue weighted by atomic mass is 10.2. The number of hydrogen-bond acceptors (Lipinski definition) is 3. The minimum atomic E-state index is -0.304. The molecule has 1 rings (SSSR count). The average molecular weight is 170 g/mol. The quantitative estimate of drug-likeness (QED) is 0.466. The van der Waals surface area contributed by atoms with Gasteiger partial charge in [0.2, 0.25) is 0 Å². The van der Waals surface area contributed by atoms with Crippen LogP contribution in [0.3, 0.4) is 0 Å². The Balaban J connectivity index is 2.41. The summed E-state index contributed by atoms with van der Waals surface area (Å²) in [6.07, 6.45) is 3.52. The zero-order chi connectivity index (χ0) is 8.97. The van der Waals surface area contributed by atoms with E-state index in [1.54, 1.807) is 6.92 Å². The Morgan fingerprint density at radius 2 is 2.58 bits per heavy atom. The fourth-order valence-electron chi connectivity index (χ4n) is 1.14. The zero-order valence-corrected chi connectivity index (χ0v) is 7.50. The highest BCUT2D eigenvalue weighted by Gasteiger charge is 2.16. The van der Waals surface area contributed by atoms with Crippen LogP contribution in [0.1, 0.15) is 26.7 Å². The molecule has 3 nitrogen and oxygen atoms in total. The van der Waals surface area contributed by atoms with Crippen molar-refractivity contribution in [3.8, 4) is 0 Å². The van der Waals surface area contributed by atoms with Crippen molar-refractivity contribution in [1.82, 2.24) is 0 Å². The van der Waals surface area contributed by atoms with Gasteiger partial charge in [-0.25, -0.2) is 4.79 Å². The zero-order valence-electron chi connectivity index (χ0n) is 7.50. The topological polar surface area (TPSA) is 35.5 Å². The Morgan fingerprint density at radius 3 is 3.08 bits per heavy atom. The van der Waals surface area contributed by atoms with E-state index in [9.17, 15) is 4.79 Å². The largest absolute Gasteiger partial charge is 0.495 e. The molecular weight excluding hydrogens is 156 g/mol. The maximum Gasteiger partial charge on any atom is 0.334 e. The van der Waals surface area contributed by atoms with Gasteiger partial charge in [0.1, 0.15) is 5.76 Å². The first-order chi connectivity index (χ1) is 5.72. The van der Waals surface area contributed by atoms with E-state index >= 15 is 0 Å². The highest BCUT2D eigenvalue weighted by molar-refractivity contribution is 5.82. The minimum absolute atomic E-state index is 0.241. The molecule has 0 aromatic heterocycles. The Morgan fingerprint density at radius 1 is 1.83 bits per heavy atom. The summed E-state index contributed by atoms with van der Waals surface area (Å²) < 4.78 is 10.1. The molecule has 1 atom stereocenters. The van der Waals surface area contributed by atoms with E-state index in [2.05, 4.69) is 0 Å². The van der Waals surface area contributed by atoms with Crippen molar-refractivity contribution in [3.63, 3.8) is 0 Å². The summed E-state index contributed by atoms with van der Waals surface area (Å²) >= 11 is 0. The number of carbonyl (C=O) groups excluding carboxylic acids is 1. The van der Waals surface area contributed by atoms with Gasteiger partial charge in [0.05, 0.1) is 18.8 Å². The van der Waals surface area contributed by atoms with Crippen molar-refractivity contribution in [2.45, 2.75) is 32.8 Å². The Bertz CT molecular complexity index is 196. The van der Waals surface area contributed by atoms with Crippen LogP contribution < -0.4 is 0 Å². The summed E-state index contributed by atoms with van der Waals surface area (Å²) in [6, 6.07) is 0. The monoisotopic (exact) mass is 170 g/mol. The van der Waals surface area contributed by atoms with Crippen LogP contribution in [-0.4, -0.2) is 18.7 Å². The molecule has 1 aliphatic heterocycles. The third kappa shape index (κ3) is 2.57. The molecule has 1 heterocycles. The molecule has 0 aromatic rings. The highest BCUT2D eigenvalue weighted by atomic mass is 16.5. The lowest BCUT2D eigenvalue weighted by Gasteiger charge is -2.02. The van der Waals surface area contributed by atoms with Gasteiger partial charge in [-0.05, 0) is 20.3 Å². The molecule has 3 heteroatoms. The van der Waals surface area contributed by atoms with Crippen LogP contribution in [-0.2, 0) is 14.3 Å². The van der Waals surface area contributed by atoms with Crippen molar-refractivity contribution in [2.75, 3.05) is 6.61 Å². The summed E-state index contributed by atoms with van der Waals surface area (Å²) in [5, 5.41) is 0. The summed E-state index contributed by atoms with van der Waals surface area (Å²) in [6.45, 7) is 4.19. The van der Waals surface area contributed by atoms with Crippen molar-refractivity contribution in [1.29, 1.82) is 0 Å². The van der Waals surface area contributed by atoms with E-state index < -0.39 is 0 Å². The molecular formula is C9H14O3. The number of carbonyl (C=O) groups is 1. The SMILES string of the molecule is CCOC(=O)/C=C1\CCC(C)O1. The van der Waals surface area contributed by atoms with E-state index in [1.165, 1.54) is 6.08 Å². The number of esters is 1. The van der Waals surface area contributed by atoms with E-state index in [0.717, 1.165) is 18.6 Å². The molecule has 0 radical (unpaired) electrons. The number of hydrogen-bond donors (Lipinski definition) is 0. The first-order valence-electron chi connectivity index (χ1n) is 4.26. The predicted molar refractivity (Wildman–Crippen MR) is 44.5 cm³/mol. The van der Waals surface area contributed by atoms with Gasteiger partial charge in [-0.15, -0.1) is 0 Å². The fourth-order valence-corrected chi connectivity index (χ4v) is 1.14. The molecule has 0 N–H and O–H groups in total. The number of ether oxygens (including phenoxy) is 2. The normalized spacial score (nSPS) is 25.5. The maximum atomic E-state index is 10.9. The van der Waals surface area contributed by atoms with Crippen molar-refractivity contribution >= 4 is 5.97 Å². The molecule has 0 aliphatic carbocycles. The van der Waals surface area contributed by atoms with Crippen LogP contribution in [0.5, 0.6) is 0 Å². The lowest BCUT2D eigenvalue weighted by molar-refractivity contribution is -0.137. The second-order valence-electron chi connectivity index (χ2n) is 2.83. The lowest BCUT2D eigenvalue weighted by Crippen LogP contribution is -2.01. The van der Waals surface area contributed by atoms with Crippen molar-refractivity contribution < 1.29 is 14.3 Å². The fraction of sp³-hybridized carbons (Fsp3) is 0.667. The summed E-state index contributed by atoms with van der Waals surface area (Å²) in [7, 11) is 0. The minimum Gasteiger partial charge on any atom is -0.495 e. The van der Waals surface area contributed by atoms with E-state index in [0.29, 0.717) is 6.61 Å². The van der Waals surface area contributed by atoms with Crippen LogP contribution >= 0.6 is 0 Å². The molecule has 1 unspecified atom stereocenters. The molecule has 1 saturated heterocycles. The van der Waals surface area contributed by atoms with Gasteiger partial charge < -0.3 is 9.47 Å². The smallest absolute Gasteiger partial charge is 0.334 e. The van der Waals surface area contributed by atoms with Gasteiger partial charge in [0.15, 0.2) is 0 Å². The Hall–Kier alpha value is -0.990. The third-order valence-corrected chi connectivity index (χ3v) is 1.72. The standard InChI is InChI=1S/C9H14O3/c1-3-11-9(10)6-8-5-4-7(2)12-8/h6-7H,3-5H2,1-2H3/b8-6+. The first-order valence-corrected chi connectivity index (χ1v) is 4.26. The average Bonchev–Trinajstić information content (AvgIpc) is 2.36. The van der Waals surface area contributed by atoms with Gasteiger partial charge in [0, 0.05) is 6.42 Å². The van der Waals surface area contributed by atoms with Crippen molar-refractivity contribution in [3.05, 3.63) is 11.8 Å². The molecule has 68 valence electrons. The van der Waals surface area contributed by atoms with Crippen molar-refractivity contribution in [2.24, 2.45) is 0 Å². The molecule has 12 heavy (non-hydrogen) atoms. The van der Waals surface area contributed by atoms with Crippen LogP contribution in [0.15, 0.2) is 11.8 Å². The van der Waals surface area contributed by atoms with Gasteiger partial charge in [-0.3, -0.25) is 0 Å². The van der Waals surface area contributed by atoms with E-state index in [4.69, 9.17) is 9.47 Å². The second-order valence-corrected chi connectivity index (χ2v) is 2.83. The third-order valence-electron chi connectivity index (χ3n) is 1.72. The summed E-state index contributed by atoms with van der Waals surface area (Å²) in [5.74, 6) is 0.447. The molecule has 0 spiro atoms. The molecule has 1 fully saturated rings. The molecule has 0 amide bonds. The van der Waals surface area contributed by atoms with Gasteiger partial charge in [-0.2, -0.15) is 0 Å². The number of allylic oxidation sites excluding steroid dienone is 1. The van der Waals surface area contributed by atoms with Crippen LogP contribution in [0.4, 0.5) is 0 Å². The first kappa shape index (κ1) is 9.10. The van der Waals surface area contributed by atoms with Crippen LogP contribution in [0.25, 0.3) is 0 Å². The van der Waals surface area contributed by atoms with Gasteiger partial charge in [0.25, 0.3) is 0 Å². The van der Waals surface area contributed by atoms with Gasteiger partial charge in [-0.1, -0.05) is 0 Å². The van der Waals surface area contributed by atoms with Gasteiger partial charge >= 0.3 is 5.97 Å². The summed E-state index contributed by atoms with van der Waals surface area (Å²) in [4.78, 5) is 10.9. The second kappa shape index (κ2) is 4.14. The van der Waals surface area contributed by atoms with E-state index in [1.807, 2.05) is 6.92 Å². The van der Waals surface area contributed by atoms with E-state index in [-0.39, 0.29) is 12.1 Å². The summed E-state index contributed by atoms with van der Waals surface area (Å²) in [5.41, 5.74) is 0. The maximum absolute atomic E-state index is 10.9. The van der Waals surface area contributed by atoms with Crippen LogP contribution in [0.2, 0.25) is 0 Å². The van der Waals surface area contributed by atoms with Crippen LogP contribution in [0, 0.1) is 0 Å². The molecule has 0 aromatic carbocycles. The Kier molecular flexibility index (Phi) is 3.14. The predicted octanol–water partition coefficient (Wildman–Crippen LogP) is 1.63. The highest BCUT2D eigenvalue weighted by Crippen LogP contribution is 2.22.